The summed E-state index contributed by atoms with van der Waals surface area (Å²) in [7, 11) is 0. The summed E-state index contributed by atoms with van der Waals surface area (Å²) >= 11 is 0. The third-order valence-corrected chi connectivity index (χ3v) is 3.11. The molecular formula is C13H18FN. The van der Waals surface area contributed by atoms with Gasteiger partial charge in [0.05, 0.1) is 0 Å². The highest BCUT2D eigenvalue weighted by atomic mass is 19.1. The molecule has 1 fully saturated rings. The first-order valence-corrected chi connectivity index (χ1v) is 5.71. The van der Waals surface area contributed by atoms with Crippen molar-refractivity contribution in [2.75, 3.05) is 6.54 Å². The topological polar surface area (TPSA) is 12.0 Å². The van der Waals surface area contributed by atoms with Crippen LogP contribution in [-0.4, -0.2) is 6.54 Å². The van der Waals surface area contributed by atoms with Crippen LogP contribution in [0.25, 0.3) is 0 Å². The van der Waals surface area contributed by atoms with Crippen LogP contribution < -0.4 is 5.32 Å². The van der Waals surface area contributed by atoms with Gasteiger partial charge >= 0.3 is 0 Å². The van der Waals surface area contributed by atoms with Gasteiger partial charge in [-0.1, -0.05) is 19.9 Å². The SMILES string of the molecule is CC(C)c1ccc(F)cc1C1CCCN1. The van der Waals surface area contributed by atoms with Crippen LogP contribution in [-0.2, 0) is 0 Å². The van der Waals surface area contributed by atoms with Crippen molar-refractivity contribution in [3.05, 3.63) is 35.1 Å². The van der Waals surface area contributed by atoms with E-state index in [-0.39, 0.29) is 5.82 Å². The van der Waals surface area contributed by atoms with Crippen molar-refractivity contribution in [1.29, 1.82) is 0 Å². The Kier molecular flexibility index (Phi) is 3.06. The number of hydrogen-bond donors (Lipinski definition) is 1. The van der Waals surface area contributed by atoms with Gasteiger partial charge in [0.25, 0.3) is 0 Å². The molecule has 1 aliphatic heterocycles. The van der Waals surface area contributed by atoms with E-state index < -0.39 is 0 Å². The third-order valence-electron chi connectivity index (χ3n) is 3.11. The molecule has 1 aliphatic rings. The largest absolute Gasteiger partial charge is 0.310 e. The van der Waals surface area contributed by atoms with E-state index in [1.807, 2.05) is 6.07 Å². The predicted octanol–water partition coefficient (Wildman–Crippen LogP) is 3.37. The van der Waals surface area contributed by atoms with Gasteiger partial charge in [0, 0.05) is 6.04 Å². The summed E-state index contributed by atoms with van der Waals surface area (Å²) in [6.07, 6.45) is 2.32. The highest BCUT2D eigenvalue weighted by molar-refractivity contribution is 5.33. The van der Waals surface area contributed by atoms with Gasteiger partial charge in [-0.25, -0.2) is 4.39 Å². The van der Waals surface area contributed by atoms with Crippen molar-refractivity contribution in [2.45, 2.75) is 38.6 Å². The Bertz CT molecular complexity index is 340. The quantitative estimate of drug-likeness (QED) is 0.784. The Morgan fingerprint density at radius 3 is 2.80 bits per heavy atom. The predicted molar refractivity (Wildman–Crippen MR) is 60.5 cm³/mol. The lowest BCUT2D eigenvalue weighted by Crippen LogP contribution is -2.15. The molecule has 1 aromatic rings. The summed E-state index contributed by atoms with van der Waals surface area (Å²) in [5, 5.41) is 3.43. The molecule has 0 aliphatic carbocycles. The number of rotatable bonds is 2. The first-order chi connectivity index (χ1) is 7.18. The smallest absolute Gasteiger partial charge is 0.123 e. The van der Waals surface area contributed by atoms with Gasteiger partial charge in [-0.05, 0) is 48.6 Å². The summed E-state index contributed by atoms with van der Waals surface area (Å²) in [6.45, 7) is 5.37. The molecule has 1 unspecified atom stereocenters. The van der Waals surface area contributed by atoms with Crippen LogP contribution in [0.15, 0.2) is 18.2 Å². The molecule has 1 aromatic carbocycles. The average molecular weight is 207 g/mol. The second-order valence-corrected chi connectivity index (χ2v) is 4.58. The van der Waals surface area contributed by atoms with E-state index >= 15 is 0 Å². The van der Waals surface area contributed by atoms with E-state index in [4.69, 9.17) is 0 Å². The molecule has 0 bridgehead atoms. The molecule has 0 aromatic heterocycles. The van der Waals surface area contributed by atoms with Crippen LogP contribution in [0.3, 0.4) is 0 Å². The van der Waals surface area contributed by atoms with Crippen LogP contribution in [0.2, 0.25) is 0 Å². The molecule has 1 N–H and O–H groups in total. The Morgan fingerprint density at radius 2 is 2.20 bits per heavy atom. The first kappa shape index (κ1) is 10.6. The van der Waals surface area contributed by atoms with Crippen molar-refractivity contribution in [3.63, 3.8) is 0 Å². The molecule has 0 amide bonds. The summed E-state index contributed by atoms with van der Waals surface area (Å²) in [4.78, 5) is 0. The molecule has 15 heavy (non-hydrogen) atoms. The summed E-state index contributed by atoms with van der Waals surface area (Å²) in [5.74, 6) is 0.339. The molecule has 1 saturated heterocycles. The standard InChI is InChI=1S/C13H18FN/c1-9(2)11-6-5-10(14)8-12(11)13-4-3-7-15-13/h5-6,8-9,13,15H,3-4,7H2,1-2H3. The number of nitrogens with one attached hydrogen (secondary N) is 1. The van der Waals surface area contributed by atoms with E-state index in [1.165, 1.54) is 12.0 Å². The summed E-state index contributed by atoms with van der Waals surface area (Å²) < 4.78 is 13.2. The van der Waals surface area contributed by atoms with E-state index in [0.29, 0.717) is 12.0 Å². The van der Waals surface area contributed by atoms with Crippen LogP contribution in [0, 0.1) is 5.82 Å². The van der Waals surface area contributed by atoms with Gasteiger partial charge in [0.1, 0.15) is 5.82 Å². The third kappa shape index (κ3) is 2.20. The van der Waals surface area contributed by atoms with Crippen LogP contribution in [0.5, 0.6) is 0 Å². The molecule has 1 nitrogen and oxygen atoms in total. The Morgan fingerprint density at radius 1 is 1.40 bits per heavy atom. The molecule has 2 heteroatoms. The van der Waals surface area contributed by atoms with Crippen LogP contribution >= 0.6 is 0 Å². The first-order valence-electron chi connectivity index (χ1n) is 5.71. The molecule has 1 atom stereocenters. The molecule has 0 spiro atoms. The second-order valence-electron chi connectivity index (χ2n) is 4.58. The summed E-state index contributed by atoms with van der Waals surface area (Å²) in [5.41, 5.74) is 2.43. The molecule has 0 saturated carbocycles. The van der Waals surface area contributed by atoms with Gasteiger partial charge in [-0.15, -0.1) is 0 Å². The van der Waals surface area contributed by atoms with Crippen molar-refractivity contribution < 1.29 is 4.39 Å². The fraction of sp³-hybridized carbons (Fsp3) is 0.538. The lowest BCUT2D eigenvalue weighted by Gasteiger charge is -2.18. The monoisotopic (exact) mass is 207 g/mol. The number of hydrogen-bond acceptors (Lipinski definition) is 1. The van der Waals surface area contributed by atoms with Crippen LogP contribution in [0.4, 0.5) is 4.39 Å². The van der Waals surface area contributed by atoms with Gasteiger partial charge in [-0.2, -0.15) is 0 Å². The number of halogens is 1. The minimum Gasteiger partial charge on any atom is -0.310 e. The molecule has 0 radical (unpaired) electrons. The van der Waals surface area contributed by atoms with E-state index in [2.05, 4.69) is 19.2 Å². The van der Waals surface area contributed by atoms with Crippen molar-refractivity contribution in [1.82, 2.24) is 5.32 Å². The minimum atomic E-state index is -0.122. The van der Waals surface area contributed by atoms with Gasteiger partial charge in [0.15, 0.2) is 0 Å². The lowest BCUT2D eigenvalue weighted by atomic mass is 9.92. The Balaban J connectivity index is 2.37. The van der Waals surface area contributed by atoms with Crippen molar-refractivity contribution in [3.8, 4) is 0 Å². The molecule has 1 heterocycles. The van der Waals surface area contributed by atoms with Gasteiger partial charge < -0.3 is 5.32 Å². The number of benzene rings is 1. The van der Waals surface area contributed by atoms with Crippen molar-refractivity contribution >= 4 is 0 Å². The van der Waals surface area contributed by atoms with Gasteiger partial charge in [0.2, 0.25) is 0 Å². The van der Waals surface area contributed by atoms with E-state index in [0.717, 1.165) is 18.5 Å². The molecule has 2 rings (SSSR count). The lowest BCUT2D eigenvalue weighted by molar-refractivity contribution is 0.598. The fourth-order valence-electron chi connectivity index (χ4n) is 2.32. The zero-order chi connectivity index (χ0) is 10.8. The molecular weight excluding hydrogens is 189 g/mol. The Labute approximate surface area is 90.7 Å². The highest BCUT2D eigenvalue weighted by Gasteiger charge is 2.20. The maximum atomic E-state index is 13.2. The minimum absolute atomic E-state index is 0.122. The second kappa shape index (κ2) is 4.31. The zero-order valence-corrected chi connectivity index (χ0v) is 9.39. The summed E-state index contributed by atoms with van der Waals surface area (Å²) in [6, 6.07) is 5.54. The maximum Gasteiger partial charge on any atom is 0.123 e. The van der Waals surface area contributed by atoms with Crippen LogP contribution in [0.1, 0.15) is 49.8 Å². The highest BCUT2D eigenvalue weighted by Crippen LogP contribution is 2.30. The molecule has 82 valence electrons. The zero-order valence-electron chi connectivity index (χ0n) is 9.39. The van der Waals surface area contributed by atoms with E-state index in [1.54, 1.807) is 12.1 Å². The average Bonchev–Trinajstić information content (AvgIpc) is 2.69. The van der Waals surface area contributed by atoms with E-state index in [9.17, 15) is 4.39 Å². The maximum absolute atomic E-state index is 13.2. The van der Waals surface area contributed by atoms with Crippen molar-refractivity contribution in [2.24, 2.45) is 0 Å². The fourth-order valence-corrected chi connectivity index (χ4v) is 2.32. The van der Waals surface area contributed by atoms with Gasteiger partial charge in [-0.3, -0.25) is 0 Å². The normalized spacial score (nSPS) is 21.2. The Hall–Kier alpha value is -0.890.